The molecule has 3 atom stereocenters. The maximum atomic E-state index is 12.0. The van der Waals surface area contributed by atoms with Gasteiger partial charge in [0, 0.05) is 6.61 Å². The third kappa shape index (κ3) is 5.66. The van der Waals surface area contributed by atoms with E-state index >= 15 is 0 Å². The molecule has 0 fully saturated rings. The highest BCUT2D eigenvalue weighted by molar-refractivity contribution is 5.80. The Kier molecular flexibility index (Phi) is 7.91. The number of ether oxygens (including phenoxy) is 2. The number of carbonyl (C=O) groups excluding carboxylic acids is 1. The van der Waals surface area contributed by atoms with E-state index in [-0.39, 0.29) is 5.91 Å². The van der Waals surface area contributed by atoms with Crippen molar-refractivity contribution in [3.8, 4) is 5.75 Å². The molecule has 124 valence electrons. The second-order valence-electron chi connectivity index (χ2n) is 5.38. The molecule has 0 aromatic heterocycles. The van der Waals surface area contributed by atoms with Gasteiger partial charge in [-0.3, -0.25) is 4.79 Å². The molecular formula is C17H27NO4. The van der Waals surface area contributed by atoms with Gasteiger partial charge in [0.05, 0.1) is 19.3 Å². The van der Waals surface area contributed by atoms with Crippen LogP contribution in [0.25, 0.3) is 0 Å². The Morgan fingerprint density at radius 2 is 1.91 bits per heavy atom. The number of rotatable bonds is 9. The summed E-state index contributed by atoms with van der Waals surface area (Å²) >= 11 is 0. The lowest BCUT2D eigenvalue weighted by atomic mass is 10.0. The van der Waals surface area contributed by atoms with Gasteiger partial charge in [-0.25, -0.2) is 0 Å². The molecule has 5 nitrogen and oxygen atoms in total. The number of benzene rings is 1. The van der Waals surface area contributed by atoms with Crippen molar-refractivity contribution in [3.05, 3.63) is 29.8 Å². The summed E-state index contributed by atoms with van der Waals surface area (Å²) in [6.07, 6.45) is 0.664. The van der Waals surface area contributed by atoms with E-state index in [9.17, 15) is 9.90 Å². The van der Waals surface area contributed by atoms with Crippen molar-refractivity contribution < 1.29 is 19.4 Å². The average Bonchev–Trinajstić information content (AvgIpc) is 2.54. The topological polar surface area (TPSA) is 67.8 Å². The second kappa shape index (κ2) is 9.43. The largest absolute Gasteiger partial charge is 0.497 e. The van der Waals surface area contributed by atoms with E-state index in [0.717, 1.165) is 24.2 Å². The van der Waals surface area contributed by atoms with Crippen LogP contribution >= 0.6 is 0 Å². The van der Waals surface area contributed by atoms with Gasteiger partial charge in [-0.05, 0) is 38.0 Å². The minimum absolute atomic E-state index is 0.212. The van der Waals surface area contributed by atoms with Crippen molar-refractivity contribution in [1.29, 1.82) is 0 Å². The molecule has 1 aromatic carbocycles. The number of methoxy groups -OCH3 is 1. The van der Waals surface area contributed by atoms with Gasteiger partial charge in [-0.1, -0.05) is 25.5 Å². The number of carbonyl (C=O) groups is 1. The molecule has 0 bridgehead atoms. The lowest BCUT2D eigenvalue weighted by Gasteiger charge is -2.23. The lowest BCUT2D eigenvalue weighted by molar-refractivity contribution is -0.133. The summed E-state index contributed by atoms with van der Waals surface area (Å²) in [4.78, 5) is 12.0. The standard InChI is InChI=1S/C17H27NO4/c1-5-6-11-22-13(3)17(20)18-12(2)16(19)14-7-9-15(21-4)10-8-14/h7-10,12-13,16,19H,5-6,11H2,1-4H3,(H,18,20)/t12-,13-,16+/m1/s1. The zero-order valence-corrected chi connectivity index (χ0v) is 13.8. The molecule has 1 rings (SSSR count). The van der Waals surface area contributed by atoms with Crippen LogP contribution in [0.4, 0.5) is 0 Å². The Bertz CT molecular complexity index is 446. The third-order valence-corrected chi connectivity index (χ3v) is 3.54. The van der Waals surface area contributed by atoms with E-state index in [4.69, 9.17) is 9.47 Å². The molecule has 5 heteroatoms. The van der Waals surface area contributed by atoms with Crippen molar-refractivity contribution in [1.82, 2.24) is 5.32 Å². The van der Waals surface area contributed by atoms with Gasteiger partial charge in [-0.15, -0.1) is 0 Å². The molecule has 0 radical (unpaired) electrons. The minimum atomic E-state index is -0.780. The lowest BCUT2D eigenvalue weighted by Crippen LogP contribution is -2.42. The van der Waals surface area contributed by atoms with Gasteiger partial charge in [0.15, 0.2) is 0 Å². The Morgan fingerprint density at radius 3 is 2.45 bits per heavy atom. The SMILES string of the molecule is CCCCO[C@H](C)C(=O)N[C@H](C)[C@H](O)c1ccc(OC)cc1. The quantitative estimate of drug-likeness (QED) is 0.688. The van der Waals surface area contributed by atoms with E-state index in [1.165, 1.54) is 0 Å². The van der Waals surface area contributed by atoms with Crippen LogP contribution in [0.5, 0.6) is 5.75 Å². The molecule has 0 saturated carbocycles. The van der Waals surface area contributed by atoms with Crippen LogP contribution in [0.1, 0.15) is 45.3 Å². The summed E-state index contributed by atoms with van der Waals surface area (Å²) in [5.41, 5.74) is 0.730. The Hall–Kier alpha value is -1.59. The van der Waals surface area contributed by atoms with Gasteiger partial charge in [-0.2, -0.15) is 0 Å². The number of hydrogen-bond donors (Lipinski definition) is 2. The summed E-state index contributed by atoms with van der Waals surface area (Å²) in [5.74, 6) is 0.516. The number of aliphatic hydroxyl groups excluding tert-OH is 1. The number of amides is 1. The summed E-state index contributed by atoms with van der Waals surface area (Å²) in [6, 6.07) is 6.73. The molecule has 1 aromatic rings. The molecule has 0 aliphatic rings. The summed E-state index contributed by atoms with van der Waals surface area (Å²) < 4.78 is 10.5. The van der Waals surface area contributed by atoms with E-state index in [0.29, 0.717) is 6.61 Å². The van der Waals surface area contributed by atoms with Gasteiger partial charge >= 0.3 is 0 Å². The zero-order chi connectivity index (χ0) is 16.5. The first-order valence-electron chi connectivity index (χ1n) is 7.73. The Balaban J connectivity index is 2.51. The summed E-state index contributed by atoms with van der Waals surface area (Å²) in [7, 11) is 1.59. The molecule has 22 heavy (non-hydrogen) atoms. The van der Waals surface area contributed by atoms with Crippen LogP contribution in [0.2, 0.25) is 0 Å². The van der Waals surface area contributed by atoms with Crippen molar-refractivity contribution in [2.45, 2.75) is 51.9 Å². The molecule has 0 heterocycles. The van der Waals surface area contributed by atoms with E-state index < -0.39 is 18.2 Å². The summed E-state index contributed by atoms with van der Waals surface area (Å²) in [6.45, 7) is 6.13. The third-order valence-electron chi connectivity index (χ3n) is 3.54. The second-order valence-corrected chi connectivity index (χ2v) is 5.38. The highest BCUT2D eigenvalue weighted by Crippen LogP contribution is 2.20. The fourth-order valence-corrected chi connectivity index (χ4v) is 1.99. The molecule has 0 aliphatic carbocycles. The number of aliphatic hydroxyl groups is 1. The predicted molar refractivity (Wildman–Crippen MR) is 85.9 cm³/mol. The van der Waals surface area contributed by atoms with Crippen LogP contribution in [0.3, 0.4) is 0 Å². The number of hydrogen-bond acceptors (Lipinski definition) is 4. The summed E-state index contributed by atoms with van der Waals surface area (Å²) in [5, 5.41) is 13.1. The maximum absolute atomic E-state index is 12.0. The highest BCUT2D eigenvalue weighted by atomic mass is 16.5. The monoisotopic (exact) mass is 309 g/mol. The number of nitrogens with one attached hydrogen (secondary N) is 1. The Morgan fingerprint density at radius 1 is 1.27 bits per heavy atom. The minimum Gasteiger partial charge on any atom is -0.497 e. The molecule has 0 aliphatic heterocycles. The first-order valence-corrected chi connectivity index (χ1v) is 7.73. The van der Waals surface area contributed by atoms with Gasteiger partial charge < -0.3 is 19.9 Å². The van der Waals surface area contributed by atoms with Crippen molar-refractivity contribution in [3.63, 3.8) is 0 Å². The van der Waals surface area contributed by atoms with Crippen LogP contribution in [0.15, 0.2) is 24.3 Å². The van der Waals surface area contributed by atoms with Gasteiger partial charge in [0.25, 0.3) is 0 Å². The van der Waals surface area contributed by atoms with Crippen molar-refractivity contribution in [2.24, 2.45) is 0 Å². The molecule has 0 saturated heterocycles. The van der Waals surface area contributed by atoms with Crippen LogP contribution in [0, 0.1) is 0 Å². The Labute approximate surface area is 132 Å². The molecule has 0 spiro atoms. The predicted octanol–water partition coefficient (Wildman–Crippen LogP) is 2.44. The van der Waals surface area contributed by atoms with E-state index in [1.54, 1.807) is 45.2 Å². The highest BCUT2D eigenvalue weighted by Gasteiger charge is 2.21. The normalized spacial score (nSPS) is 15.0. The van der Waals surface area contributed by atoms with E-state index in [2.05, 4.69) is 12.2 Å². The van der Waals surface area contributed by atoms with Crippen LogP contribution in [-0.2, 0) is 9.53 Å². The number of unbranched alkanes of at least 4 members (excludes halogenated alkanes) is 1. The fourth-order valence-electron chi connectivity index (χ4n) is 1.99. The first kappa shape index (κ1) is 18.5. The molecule has 2 N–H and O–H groups in total. The molecule has 1 amide bonds. The van der Waals surface area contributed by atoms with Gasteiger partial charge in [0.2, 0.25) is 5.91 Å². The first-order chi connectivity index (χ1) is 10.5. The average molecular weight is 309 g/mol. The zero-order valence-electron chi connectivity index (χ0n) is 13.8. The van der Waals surface area contributed by atoms with Crippen LogP contribution < -0.4 is 10.1 Å². The molecule has 0 unspecified atom stereocenters. The maximum Gasteiger partial charge on any atom is 0.249 e. The van der Waals surface area contributed by atoms with Crippen molar-refractivity contribution >= 4 is 5.91 Å². The van der Waals surface area contributed by atoms with E-state index in [1.807, 2.05) is 0 Å². The van der Waals surface area contributed by atoms with Gasteiger partial charge in [0.1, 0.15) is 11.9 Å². The van der Waals surface area contributed by atoms with Crippen LogP contribution in [-0.4, -0.2) is 36.9 Å². The smallest absolute Gasteiger partial charge is 0.249 e. The molecular weight excluding hydrogens is 282 g/mol. The van der Waals surface area contributed by atoms with Crippen molar-refractivity contribution in [2.75, 3.05) is 13.7 Å². The fraction of sp³-hybridized carbons (Fsp3) is 0.588.